The lowest BCUT2D eigenvalue weighted by Crippen LogP contribution is -2.31. The van der Waals surface area contributed by atoms with Crippen LogP contribution in [0.3, 0.4) is 0 Å². The Hall–Kier alpha value is -1.71. The van der Waals surface area contributed by atoms with Crippen molar-refractivity contribution in [3.05, 3.63) is 64.1 Å². The van der Waals surface area contributed by atoms with Crippen molar-refractivity contribution < 1.29 is 4.79 Å². The molecule has 0 spiro atoms. The summed E-state index contributed by atoms with van der Waals surface area (Å²) in [4.78, 5) is 14.2. The average molecular weight is 351 g/mol. The number of rotatable bonds is 7. The van der Waals surface area contributed by atoms with E-state index in [1.165, 1.54) is 0 Å². The van der Waals surface area contributed by atoms with Crippen LogP contribution in [0.15, 0.2) is 48.5 Å². The molecular weight excluding hydrogens is 331 g/mol. The van der Waals surface area contributed by atoms with Gasteiger partial charge in [0.1, 0.15) is 0 Å². The second kappa shape index (κ2) is 8.80. The third-order valence-electron chi connectivity index (χ3n) is 3.54. The molecular formula is C18H20Cl2N2O. The molecule has 0 saturated carbocycles. The molecule has 0 aliphatic rings. The van der Waals surface area contributed by atoms with Gasteiger partial charge in [-0.15, -0.1) is 0 Å². The van der Waals surface area contributed by atoms with Crippen molar-refractivity contribution in [3.8, 4) is 0 Å². The highest BCUT2D eigenvalue weighted by Gasteiger charge is 2.11. The lowest BCUT2D eigenvalue weighted by molar-refractivity contribution is -0.131. The minimum Gasteiger partial charge on any atom is -0.384 e. The highest BCUT2D eigenvalue weighted by molar-refractivity contribution is 6.42. The number of carbonyl (C=O) groups is 1. The summed E-state index contributed by atoms with van der Waals surface area (Å²) in [5, 5.41) is 4.22. The molecule has 2 aromatic rings. The standard InChI is InChI=1S/C18H20Cl2N2O/c1-2-22(13-14-6-4-3-5-7-14)18(23)10-11-21-15-8-9-16(19)17(20)12-15/h3-9,12,21H,2,10-11,13H2,1H3. The zero-order chi connectivity index (χ0) is 16.7. The van der Waals surface area contributed by atoms with Crippen molar-refractivity contribution >= 4 is 34.8 Å². The van der Waals surface area contributed by atoms with Gasteiger partial charge in [-0.3, -0.25) is 4.79 Å². The fourth-order valence-electron chi connectivity index (χ4n) is 2.26. The van der Waals surface area contributed by atoms with Crippen molar-refractivity contribution in [1.29, 1.82) is 0 Å². The lowest BCUT2D eigenvalue weighted by atomic mass is 10.2. The summed E-state index contributed by atoms with van der Waals surface area (Å²) in [5.41, 5.74) is 2.00. The van der Waals surface area contributed by atoms with E-state index in [4.69, 9.17) is 23.2 Å². The van der Waals surface area contributed by atoms with Gasteiger partial charge < -0.3 is 10.2 Å². The van der Waals surface area contributed by atoms with E-state index in [1.54, 1.807) is 12.1 Å². The van der Waals surface area contributed by atoms with Crippen LogP contribution < -0.4 is 5.32 Å². The summed E-state index contributed by atoms with van der Waals surface area (Å²) in [6, 6.07) is 15.4. The van der Waals surface area contributed by atoms with Gasteiger partial charge in [0.2, 0.25) is 5.91 Å². The molecule has 0 fully saturated rings. The van der Waals surface area contributed by atoms with E-state index in [9.17, 15) is 4.79 Å². The number of halogens is 2. The molecule has 0 unspecified atom stereocenters. The second-order valence-corrected chi connectivity index (χ2v) is 6.01. The molecule has 0 aliphatic carbocycles. The van der Waals surface area contributed by atoms with Crippen molar-refractivity contribution in [2.24, 2.45) is 0 Å². The maximum Gasteiger partial charge on any atom is 0.224 e. The Labute approximate surface area is 147 Å². The van der Waals surface area contributed by atoms with Gasteiger partial charge in [0, 0.05) is 31.7 Å². The summed E-state index contributed by atoms with van der Waals surface area (Å²) in [6.45, 7) is 3.89. The van der Waals surface area contributed by atoms with Gasteiger partial charge in [-0.05, 0) is 30.7 Å². The van der Waals surface area contributed by atoms with E-state index in [-0.39, 0.29) is 5.91 Å². The normalized spacial score (nSPS) is 10.4. The van der Waals surface area contributed by atoms with Crippen LogP contribution in [0.25, 0.3) is 0 Å². The van der Waals surface area contributed by atoms with E-state index in [0.717, 1.165) is 11.3 Å². The predicted octanol–water partition coefficient (Wildman–Crippen LogP) is 4.84. The topological polar surface area (TPSA) is 32.3 Å². The van der Waals surface area contributed by atoms with E-state index in [2.05, 4.69) is 5.32 Å². The van der Waals surface area contributed by atoms with Gasteiger partial charge in [-0.2, -0.15) is 0 Å². The van der Waals surface area contributed by atoms with E-state index >= 15 is 0 Å². The van der Waals surface area contributed by atoms with Crippen LogP contribution in [0.5, 0.6) is 0 Å². The van der Waals surface area contributed by atoms with Gasteiger partial charge in [0.25, 0.3) is 0 Å². The zero-order valence-corrected chi connectivity index (χ0v) is 14.6. The Balaban J connectivity index is 1.83. The number of hydrogen-bond acceptors (Lipinski definition) is 2. The van der Waals surface area contributed by atoms with Gasteiger partial charge in [0.05, 0.1) is 10.0 Å². The van der Waals surface area contributed by atoms with E-state index in [1.807, 2.05) is 48.2 Å². The molecule has 0 heterocycles. The Morgan fingerprint density at radius 2 is 1.83 bits per heavy atom. The zero-order valence-electron chi connectivity index (χ0n) is 13.1. The molecule has 0 atom stereocenters. The first kappa shape index (κ1) is 17.6. The number of amides is 1. The molecule has 0 aromatic heterocycles. The monoisotopic (exact) mass is 350 g/mol. The average Bonchev–Trinajstić information content (AvgIpc) is 2.56. The molecule has 2 rings (SSSR count). The second-order valence-electron chi connectivity index (χ2n) is 5.20. The van der Waals surface area contributed by atoms with Crippen LogP contribution in [0, 0.1) is 0 Å². The number of nitrogens with one attached hydrogen (secondary N) is 1. The maximum absolute atomic E-state index is 12.3. The summed E-state index contributed by atoms with van der Waals surface area (Å²) < 4.78 is 0. The third-order valence-corrected chi connectivity index (χ3v) is 4.28. The fraction of sp³-hybridized carbons (Fsp3) is 0.278. The van der Waals surface area contributed by atoms with Crippen molar-refractivity contribution in [2.45, 2.75) is 19.9 Å². The summed E-state index contributed by atoms with van der Waals surface area (Å²) >= 11 is 11.9. The maximum atomic E-state index is 12.3. The molecule has 0 radical (unpaired) electrons. The van der Waals surface area contributed by atoms with Crippen LogP contribution >= 0.6 is 23.2 Å². The minimum absolute atomic E-state index is 0.129. The molecule has 23 heavy (non-hydrogen) atoms. The first-order valence-corrected chi connectivity index (χ1v) is 8.36. The number of carbonyl (C=O) groups excluding carboxylic acids is 1. The first-order chi connectivity index (χ1) is 11.1. The SMILES string of the molecule is CCN(Cc1ccccc1)C(=O)CCNc1ccc(Cl)c(Cl)c1. The van der Waals surface area contributed by atoms with Crippen LogP contribution in [-0.2, 0) is 11.3 Å². The number of benzene rings is 2. The van der Waals surface area contributed by atoms with Crippen LogP contribution in [-0.4, -0.2) is 23.9 Å². The summed E-state index contributed by atoms with van der Waals surface area (Å²) in [5.74, 6) is 0.129. The molecule has 1 N–H and O–H groups in total. The highest BCUT2D eigenvalue weighted by atomic mass is 35.5. The fourth-order valence-corrected chi connectivity index (χ4v) is 2.56. The largest absolute Gasteiger partial charge is 0.384 e. The smallest absolute Gasteiger partial charge is 0.224 e. The predicted molar refractivity (Wildman–Crippen MR) is 97.1 cm³/mol. The Kier molecular flexibility index (Phi) is 6.75. The first-order valence-electron chi connectivity index (χ1n) is 7.60. The number of anilines is 1. The Morgan fingerprint density at radius 3 is 2.48 bits per heavy atom. The summed E-state index contributed by atoms with van der Waals surface area (Å²) in [6.07, 6.45) is 0.431. The minimum atomic E-state index is 0.129. The van der Waals surface area contributed by atoms with Crippen LogP contribution in [0.4, 0.5) is 5.69 Å². The molecule has 0 saturated heterocycles. The molecule has 3 nitrogen and oxygen atoms in total. The third kappa shape index (κ3) is 5.45. The van der Waals surface area contributed by atoms with Crippen molar-refractivity contribution in [3.63, 3.8) is 0 Å². The van der Waals surface area contributed by atoms with Crippen molar-refractivity contribution in [1.82, 2.24) is 4.90 Å². The Morgan fingerprint density at radius 1 is 1.09 bits per heavy atom. The number of nitrogens with zero attached hydrogens (tertiary/aromatic N) is 1. The molecule has 0 bridgehead atoms. The molecule has 2 aromatic carbocycles. The highest BCUT2D eigenvalue weighted by Crippen LogP contribution is 2.24. The van der Waals surface area contributed by atoms with Crippen LogP contribution in [0.2, 0.25) is 10.0 Å². The van der Waals surface area contributed by atoms with Crippen LogP contribution in [0.1, 0.15) is 18.9 Å². The van der Waals surface area contributed by atoms with Crippen molar-refractivity contribution in [2.75, 3.05) is 18.4 Å². The molecule has 1 amide bonds. The molecule has 122 valence electrons. The lowest BCUT2D eigenvalue weighted by Gasteiger charge is -2.21. The quantitative estimate of drug-likeness (QED) is 0.774. The van der Waals surface area contributed by atoms with Gasteiger partial charge in [-0.1, -0.05) is 53.5 Å². The van der Waals surface area contributed by atoms with Gasteiger partial charge in [0.15, 0.2) is 0 Å². The Bertz CT molecular complexity index is 647. The molecule has 0 aliphatic heterocycles. The number of hydrogen-bond donors (Lipinski definition) is 1. The summed E-state index contributed by atoms with van der Waals surface area (Å²) in [7, 11) is 0. The van der Waals surface area contributed by atoms with E-state index < -0.39 is 0 Å². The van der Waals surface area contributed by atoms with Gasteiger partial charge >= 0.3 is 0 Å². The molecule has 5 heteroatoms. The van der Waals surface area contributed by atoms with E-state index in [0.29, 0.717) is 36.1 Å². The van der Waals surface area contributed by atoms with Gasteiger partial charge in [-0.25, -0.2) is 0 Å².